The lowest BCUT2D eigenvalue weighted by Crippen LogP contribution is -2.43. The molecule has 0 unspecified atom stereocenters. The molecular formula is C33H40O11. The van der Waals surface area contributed by atoms with Gasteiger partial charge < -0.3 is 28.8 Å². The number of rotatable bonds is 6. The van der Waals surface area contributed by atoms with E-state index in [0.717, 1.165) is 0 Å². The summed E-state index contributed by atoms with van der Waals surface area (Å²) in [7, 11) is 0. The highest BCUT2D eigenvalue weighted by Crippen LogP contribution is 2.69. The number of hydrogen-bond acceptors (Lipinski definition) is 11. The molecule has 1 aromatic rings. The minimum Gasteiger partial charge on any atom is -0.461 e. The summed E-state index contributed by atoms with van der Waals surface area (Å²) in [6, 6.07) is 8.30. The summed E-state index contributed by atoms with van der Waals surface area (Å²) in [4.78, 5) is 65.1. The standard InChI is InChI=1S/C33H40O11/c1-16-13-33-29(42-21(6)37)17(2)14-32(33,44-33)28(38)18(3)26(41-20(5)36)23-24(31(23,7)15-34)27(25(16)40-19(4)35)43-30(39)22-11-9-8-10-12-22/h8-13,17-18,23-27,29,34H,14-15H2,1-7H3/t17-,18-,23-,24+,25+,26+,27+,29-,31-,32-,33-/m0/s1. The number of ketones is 1. The van der Waals surface area contributed by atoms with Gasteiger partial charge >= 0.3 is 23.9 Å². The van der Waals surface area contributed by atoms with Crippen molar-refractivity contribution >= 4 is 29.7 Å². The van der Waals surface area contributed by atoms with Crippen molar-refractivity contribution in [3.63, 3.8) is 0 Å². The number of aliphatic hydroxyl groups excluding tert-OH is 1. The first kappa shape index (κ1) is 31.8. The number of hydrogen-bond donors (Lipinski definition) is 1. The van der Waals surface area contributed by atoms with Crippen LogP contribution in [0.2, 0.25) is 0 Å². The molecular weight excluding hydrogens is 572 g/mol. The highest BCUT2D eigenvalue weighted by atomic mass is 16.7. The van der Waals surface area contributed by atoms with Gasteiger partial charge in [0.1, 0.15) is 18.3 Å². The van der Waals surface area contributed by atoms with Gasteiger partial charge in [0.25, 0.3) is 0 Å². The Labute approximate surface area is 256 Å². The third kappa shape index (κ3) is 4.94. The van der Waals surface area contributed by atoms with Crippen LogP contribution in [0.5, 0.6) is 0 Å². The molecule has 44 heavy (non-hydrogen) atoms. The van der Waals surface area contributed by atoms with Crippen LogP contribution in [0.1, 0.15) is 65.2 Å². The van der Waals surface area contributed by atoms with Crippen LogP contribution < -0.4 is 0 Å². The number of carbonyl (C=O) groups is 5. The summed E-state index contributed by atoms with van der Waals surface area (Å²) in [5.74, 6) is -5.36. The highest BCUT2D eigenvalue weighted by molar-refractivity contribution is 5.96. The van der Waals surface area contributed by atoms with Crippen LogP contribution in [0.15, 0.2) is 42.0 Å². The number of benzene rings is 1. The second-order valence-electron chi connectivity index (χ2n) is 13.0. The molecule has 11 heteroatoms. The molecule has 3 fully saturated rings. The van der Waals surface area contributed by atoms with E-state index in [0.29, 0.717) is 5.57 Å². The van der Waals surface area contributed by atoms with Gasteiger partial charge in [-0.1, -0.05) is 39.0 Å². The van der Waals surface area contributed by atoms with Gasteiger partial charge in [0.05, 0.1) is 11.5 Å². The van der Waals surface area contributed by atoms with Crippen molar-refractivity contribution in [1.82, 2.24) is 0 Å². The lowest BCUT2D eigenvalue weighted by atomic mass is 9.80. The van der Waals surface area contributed by atoms with Crippen LogP contribution in [0.4, 0.5) is 0 Å². The predicted octanol–water partition coefficient (Wildman–Crippen LogP) is 2.96. The number of Topliss-reactive ketones (excluding diaryl/α,β-unsaturated/α-hetero) is 1. The predicted molar refractivity (Wildman–Crippen MR) is 153 cm³/mol. The maximum atomic E-state index is 14.4. The number of epoxide rings is 1. The van der Waals surface area contributed by atoms with Crippen LogP contribution in [-0.4, -0.2) is 77.0 Å². The summed E-state index contributed by atoms with van der Waals surface area (Å²) in [6.45, 7) is 10.3. The lowest BCUT2D eigenvalue weighted by Gasteiger charge is -2.30. The maximum absolute atomic E-state index is 14.4. The fourth-order valence-electron chi connectivity index (χ4n) is 8.00. The Morgan fingerprint density at radius 3 is 2.07 bits per heavy atom. The molecule has 4 aliphatic rings. The monoisotopic (exact) mass is 612 g/mol. The molecule has 1 saturated heterocycles. The van der Waals surface area contributed by atoms with Crippen molar-refractivity contribution < 1.29 is 52.8 Å². The van der Waals surface area contributed by atoms with Crippen molar-refractivity contribution in [3.8, 4) is 0 Å². The van der Waals surface area contributed by atoms with E-state index >= 15 is 0 Å². The first-order chi connectivity index (χ1) is 20.6. The summed E-state index contributed by atoms with van der Waals surface area (Å²) in [5.41, 5.74) is -3.08. The third-order valence-electron chi connectivity index (χ3n) is 9.97. The highest BCUT2D eigenvalue weighted by Gasteiger charge is 2.84. The Kier molecular flexibility index (Phi) is 8.03. The quantitative estimate of drug-likeness (QED) is 0.218. The number of fused-ring (bicyclic) bond motifs is 1. The molecule has 0 aromatic heterocycles. The summed E-state index contributed by atoms with van der Waals surface area (Å²) in [5, 5.41) is 10.7. The van der Waals surface area contributed by atoms with E-state index in [1.165, 1.54) is 20.8 Å². The minimum atomic E-state index is -1.40. The van der Waals surface area contributed by atoms with E-state index in [1.807, 2.05) is 6.92 Å². The van der Waals surface area contributed by atoms with Gasteiger partial charge in [-0.05, 0) is 43.0 Å². The molecule has 5 rings (SSSR count). The molecule has 0 bridgehead atoms. The van der Waals surface area contributed by atoms with Crippen molar-refractivity contribution in [1.29, 1.82) is 0 Å². The molecule has 0 radical (unpaired) electrons. The van der Waals surface area contributed by atoms with Crippen LogP contribution in [-0.2, 0) is 42.9 Å². The molecule has 11 atom stereocenters. The van der Waals surface area contributed by atoms with E-state index in [2.05, 4.69) is 0 Å². The van der Waals surface area contributed by atoms with Gasteiger partial charge in [-0.2, -0.15) is 0 Å². The first-order valence-electron chi connectivity index (χ1n) is 15.0. The van der Waals surface area contributed by atoms with Gasteiger partial charge in [-0.3, -0.25) is 19.2 Å². The van der Waals surface area contributed by atoms with Crippen LogP contribution in [0.25, 0.3) is 0 Å². The lowest BCUT2D eigenvalue weighted by molar-refractivity contribution is -0.155. The Balaban J connectivity index is 1.71. The second kappa shape index (κ2) is 11.1. The van der Waals surface area contributed by atoms with Gasteiger partial charge in [0, 0.05) is 44.6 Å². The number of carbonyl (C=O) groups excluding carboxylic acids is 5. The molecule has 11 nitrogen and oxygen atoms in total. The molecule has 1 N–H and O–H groups in total. The summed E-state index contributed by atoms with van der Waals surface area (Å²) < 4.78 is 29.9. The Hall–Kier alpha value is -3.57. The van der Waals surface area contributed by atoms with E-state index in [4.69, 9.17) is 23.7 Å². The molecule has 3 aliphatic carbocycles. The SMILES string of the molecule is CC(=O)O[C@H]1[C@@H]2[C@H]([C@@H](OC(=O)c3ccccc3)[C@H](OC(C)=O)C(C)=C[C@@]34O[C@@]3(C[C@H](C)[C@@H]4OC(C)=O)C(=O)[C@H]1C)[C@@]2(C)CO. The van der Waals surface area contributed by atoms with Crippen LogP contribution >= 0.6 is 0 Å². The minimum absolute atomic E-state index is 0.237. The zero-order chi connectivity index (χ0) is 32.4. The van der Waals surface area contributed by atoms with E-state index < -0.39 is 82.7 Å². The molecule has 1 aromatic carbocycles. The smallest absolute Gasteiger partial charge is 0.338 e. The number of esters is 4. The molecule has 0 spiro atoms. The third-order valence-corrected chi connectivity index (χ3v) is 9.97. The zero-order valence-corrected chi connectivity index (χ0v) is 26.0. The number of ether oxygens (including phenoxy) is 5. The molecule has 1 heterocycles. The first-order valence-corrected chi connectivity index (χ1v) is 15.0. The average Bonchev–Trinajstić information content (AvgIpc) is 3.78. The van der Waals surface area contributed by atoms with E-state index in [9.17, 15) is 29.1 Å². The fourth-order valence-corrected chi connectivity index (χ4v) is 8.00. The Morgan fingerprint density at radius 1 is 0.909 bits per heavy atom. The van der Waals surface area contributed by atoms with Gasteiger partial charge in [-0.25, -0.2) is 4.79 Å². The van der Waals surface area contributed by atoms with Crippen LogP contribution in [0, 0.1) is 29.1 Å². The van der Waals surface area contributed by atoms with Crippen molar-refractivity contribution in [2.75, 3.05) is 6.61 Å². The molecule has 238 valence electrons. The van der Waals surface area contributed by atoms with Crippen molar-refractivity contribution in [2.45, 2.75) is 90.5 Å². The van der Waals surface area contributed by atoms with Crippen LogP contribution in [0.3, 0.4) is 0 Å². The molecule has 0 amide bonds. The van der Waals surface area contributed by atoms with Crippen molar-refractivity contribution in [3.05, 3.63) is 47.5 Å². The summed E-state index contributed by atoms with van der Waals surface area (Å²) in [6.07, 6.45) is -2.30. The Bertz CT molecular complexity index is 1400. The van der Waals surface area contributed by atoms with E-state index in [-0.39, 0.29) is 30.3 Å². The Morgan fingerprint density at radius 2 is 1.50 bits per heavy atom. The molecule has 1 aliphatic heterocycles. The maximum Gasteiger partial charge on any atom is 0.338 e. The van der Waals surface area contributed by atoms with Gasteiger partial charge in [-0.15, -0.1) is 0 Å². The topological polar surface area (TPSA) is 155 Å². The molecule has 2 saturated carbocycles. The zero-order valence-electron chi connectivity index (χ0n) is 26.0. The normalized spacial score (nSPS) is 40.5. The second-order valence-corrected chi connectivity index (χ2v) is 13.0. The summed E-state index contributed by atoms with van der Waals surface area (Å²) >= 11 is 0. The van der Waals surface area contributed by atoms with Crippen molar-refractivity contribution in [2.24, 2.45) is 29.1 Å². The average molecular weight is 613 g/mol. The van der Waals surface area contributed by atoms with Gasteiger partial charge in [0.15, 0.2) is 23.1 Å². The van der Waals surface area contributed by atoms with Gasteiger partial charge in [0.2, 0.25) is 0 Å². The fraction of sp³-hybridized carbons (Fsp3) is 0.606. The largest absolute Gasteiger partial charge is 0.461 e. The van der Waals surface area contributed by atoms with E-state index in [1.54, 1.807) is 57.2 Å². The number of aliphatic hydroxyl groups is 1.